The molecule has 0 saturated carbocycles. The number of hydrogen-bond donors (Lipinski definition) is 2. The van der Waals surface area contributed by atoms with E-state index >= 15 is 0 Å². The molecule has 2 N–H and O–H groups in total. The van der Waals surface area contributed by atoms with Gasteiger partial charge in [0.2, 0.25) is 6.79 Å². The number of carbonyl (C=O) groups excluding carboxylic acids is 2. The zero-order valence-corrected chi connectivity index (χ0v) is 15.8. The zero-order valence-electron chi connectivity index (χ0n) is 15.8. The molecule has 9 nitrogen and oxygen atoms in total. The number of fused-ring (bicyclic) bond motifs is 2. The largest absolute Gasteiger partial charge is 0.454 e. The van der Waals surface area contributed by atoms with Gasteiger partial charge in [0, 0.05) is 10.9 Å². The van der Waals surface area contributed by atoms with Crippen LogP contribution in [-0.2, 0) is 0 Å². The second-order valence-electron chi connectivity index (χ2n) is 6.71. The zero-order chi connectivity index (χ0) is 20.5. The summed E-state index contributed by atoms with van der Waals surface area (Å²) < 4.78 is 11.7. The minimum Gasteiger partial charge on any atom is -0.454 e. The predicted octanol–water partition coefficient (Wildman–Crippen LogP) is 1.78. The van der Waals surface area contributed by atoms with E-state index in [0.717, 1.165) is 0 Å². The quantitative estimate of drug-likeness (QED) is 0.655. The maximum Gasteiger partial charge on any atom is 0.290 e. The Hall–Kier alpha value is -3.88. The van der Waals surface area contributed by atoms with Gasteiger partial charge in [-0.25, -0.2) is 4.68 Å². The number of hydrazine groups is 1. The highest BCUT2D eigenvalue weighted by molar-refractivity contribution is 6.06. The van der Waals surface area contributed by atoms with Gasteiger partial charge < -0.3 is 9.47 Å². The van der Waals surface area contributed by atoms with Crippen molar-refractivity contribution in [2.24, 2.45) is 0 Å². The van der Waals surface area contributed by atoms with Crippen LogP contribution in [0.3, 0.4) is 0 Å². The lowest BCUT2D eigenvalue weighted by Crippen LogP contribution is -2.43. The van der Waals surface area contributed by atoms with Crippen molar-refractivity contribution in [3.05, 3.63) is 64.1 Å². The minimum absolute atomic E-state index is 0.0416. The molecule has 2 aromatic carbocycles. The second kappa shape index (κ2) is 7.27. The average molecular weight is 394 g/mol. The summed E-state index contributed by atoms with van der Waals surface area (Å²) in [4.78, 5) is 37.7. The maximum absolute atomic E-state index is 12.7. The molecule has 0 radical (unpaired) electrons. The highest BCUT2D eigenvalue weighted by Crippen LogP contribution is 2.32. The van der Waals surface area contributed by atoms with Crippen molar-refractivity contribution in [2.75, 3.05) is 6.79 Å². The van der Waals surface area contributed by atoms with Gasteiger partial charge in [-0.2, -0.15) is 5.10 Å². The summed E-state index contributed by atoms with van der Waals surface area (Å²) in [7, 11) is 0. The van der Waals surface area contributed by atoms with Crippen LogP contribution in [0.25, 0.3) is 10.8 Å². The van der Waals surface area contributed by atoms with Crippen LogP contribution in [0, 0.1) is 0 Å². The summed E-state index contributed by atoms with van der Waals surface area (Å²) in [5.41, 5.74) is 4.76. The van der Waals surface area contributed by atoms with Crippen LogP contribution in [0.2, 0.25) is 0 Å². The first-order valence-corrected chi connectivity index (χ1v) is 8.97. The van der Waals surface area contributed by atoms with E-state index in [1.165, 1.54) is 10.7 Å². The van der Waals surface area contributed by atoms with Gasteiger partial charge in [-0.15, -0.1) is 0 Å². The third-order valence-electron chi connectivity index (χ3n) is 4.46. The number of hydrogen-bond acceptors (Lipinski definition) is 6. The summed E-state index contributed by atoms with van der Waals surface area (Å²) in [6.45, 7) is 3.69. The van der Waals surface area contributed by atoms with E-state index in [-0.39, 0.29) is 24.1 Å². The molecule has 4 rings (SSSR count). The Balaban J connectivity index is 1.59. The molecule has 9 heteroatoms. The van der Waals surface area contributed by atoms with Gasteiger partial charge in [-0.05, 0) is 38.1 Å². The Morgan fingerprint density at radius 2 is 1.69 bits per heavy atom. The summed E-state index contributed by atoms with van der Waals surface area (Å²) in [5.74, 6) is -0.152. The molecule has 29 heavy (non-hydrogen) atoms. The van der Waals surface area contributed by atoms with Crippen molar-refractivity contribution in [1.82, 2.24) is 20.6 Å². The van der Waals surface area contributed by atoms with E-state index in [1.54, 1.807) is 50.2 Å². The fourth-order valence-corrected chi connectivity index (χ4v) is 3.01. The van der Waals surface area contributed by atoms with E-state index in [1.807, 2.05) is 0 Å². The SMILES string of the molecule is CC(C)n1nc(C(=O)NNC(=O)c2ccc3c(c2)OCO3)c2ccccc2c1=O. The lowest BCUT2D eigenvalue weighted by atomic mass is 10.1. The molecular formula is C20H18N4O5. The first-order chi connectivity index (χ1) is 14.0. The molecule has 2 amide bonds. The Morgan fingerprint density at radius 1 is 1.00 bits per heavy atom. The molecule has 0 aliphatic carbocycles. The van der Waals surface area contributed by atoms with E-state index in [2.05, 4.69) is 16.0 Å². The fourth-order valence-electron chi connectivity index (χ4n) is 3.01. The van der Waals surface area contributed by atoms with E-state index in [4.69, 9.17) is 9.47 Å². The fraction of sp³-hybridized carbons (Fsp3) is 0.200. The summed E-state index contributed by atoms with van der Waals surface area (Å²) in [6, 6.07) is 11.2. The van der Waals surface area contributed by atoms with Gasteiger partial charge >= 0.3 is 0 Å². The van der Waals surface area contributed by atoms with Crippen LogP contribution in [0.5, 0.6) is 11.5 Å². The number of benzene rings is 2. The number of carbonyl (C=O) groups is 2. The molecule has 0 saturated heterocycles. The van der Waals surface area contributed by atoms with E-state index < -0.39 is 11.8 Å². The summed E-state index contributed by atoms with van der Waals surface area (Å²) in [5, 5.41) is 4.99. The van der Waals surface area contributed by atoms with E-state index in [9.17, 15) is 14.4 Å². The smallest absolute Gasteiger partial charge is 0.290 e. The predicted molar refractivity (Wildman–Crippen MR) is 104 cm³/mol. The van der Waals surface area contributed by atoms with Crippen LogP contribution < -0.4 is 25.9 Å². The second-order valence-corrected chi connectivity index (χ2v) is 6.71. The van der Waals surface area contributed by atoms with E-state index in [0.29, 0.717) is 27.8 Å². The van der Waals surface area contributed by atoms with Crippen molar-refractivity contribution < 1.29 is 19.1 Å². The first-order valence-electron chi connectivity index (χ1n) is 8.97. The van der Waals surface area contributed by atoms with Crippen LogP contribution in [0.4, 0.5) is 0 Å². The highest BCUT2D eigenvalue weighted by Gasteiger charge is 2.20. The van der Waals surface area contributed by atoms with Crippen molar-refractivity contribution in [3.8, 4) is 11.5 Å². The molecular weight excluding hydrogens is 376 g/mol. The Bertz CT molecular complexity index is 1190. The Morgan fingerprint density at radius 3 is 2.45 bits per heavy atom. The van der Waals surface area contributed by atoms with Gasteiger partial charge in [-0.1, -0.05) is 18.2 Å². The lowest BCUT2D eigenvalue weighted by molar-refractivity contribution is 0.0843. The first kappa shape index (κ1) is 18.5. The molecule has 3 aromatic rings. The maximum atomic E-state index is 12.7. The molecule has 0 bridgehead atoms. The number of amides is 2. The summed E-state index contributed by atoms with van der Waals surface area (Å²) in [6.07, 6.45) is 0. The molecule has 0 unspecified atom stereocenters. The third-order valence-corrected chi connectivity index (χ3v) is 4.46. The van der Waals surface area contributed by atoms with Gasteiger partial charge in [-0.3, -0.25) is 25.2 Å². The minimum atomic E-state index is -0.635. The molecule has 0 atom stereocenters. The Labute approximate surface area is 165 Å². The molecule has 1 aliphatic heterocycles. The lowest BCUT2D eigenvalue weighted by Gasteiger charge is -2.13. The topological polar surface area (TPSA) is 112 Å². The normalized spacial score (nSPS) is 12.2. The van der Waals surface area contributed by atoms with Gasteiger partial charge in [0.05, 0.1) is 11.4 Å². The van der Waals surface area contributed by atoms with Gasteiger partial charge in [0.15, 0.2) is 17.2 Å². The van der Waals surface area contributed by atoms with Crippen molar-refractivity contribution >= 4 is 22.6 Å². The molecule has 1 aromatic heterocycles. The van der Waals surface area contributed by atoms with Gasteiger partial charge in [0.1, 0.15) is 0 Å². The number of aromatic nitrogens is 2. The van der Waals surface area contributed by atoms with Gasteiger partial charge in [0.25, 0.3) is 17.4 Å². The number of nitrogens with zero attached hydrogens (tertiary/aromatic N) is 2. The third kappa shape index (κ3) is 3.38. The standard InChI is InChI=1S/C20H18N4O5/c1-11(2)24-20(27)14-6-4-3-5-13(14)17(23-24)19(26)22-21-18(25)12-7-8-15-16(9-12)29-10-28-15/h3-9,11H,10H2,1-2H3,(H,21,25)(H,22,26). The molecule has 2 heterocycles. The number of nitrogens with one attached hydrogen (secondary N) is 2. The van der Waals surface area contributed by atoms with Crippen LogP contribution in [-0.4, -0.2) is 28.4 Å². The van der Waals surface area contributed by atoms with Crippen LogP contribution >= 0.6 is 0 Å². The van der Waals surface area contributed by atoms with Crippen LogP contribution in [0.15, 0.2) is 47.3 Å². The molecule has 0 spiro atoms. The average Bonchev–Trinajstić information content (AvgIpc) is 3.20. The van der Waals surface area contributed by atoms with Crippen molar-refractivity contribution in [3.63, 3.8) is 0 Å². The van der Waals surface area contributed by atoms with Crippen molar-refractivity contribution in [1.29, 1.82) is 0 Å². The number of ether oxygens (including phenoxy) is 2. The molecule has 148 valence electrons. The van der Waals surface area contributed by atoms with Crippen molar-refractivity contribution in [2.45, 2.75) is 19.9 Å². The molecule has 0 fully saturated rings. The highest BCUT2D eigenvalue weighted by atomic mass is 16.7. The Kier molecular flexibility index (Phi) is 4.63. The summed E-state index contributed by atoms with van der Waals surface area (Å²) >= 11 is 0. The van der Waals surface area contributed by atoms with Crippen LogP contribution in [0.1, 0.15) is 40.7 Å². The monoisotopic (exact) mass is 394 g/mol. The number of rotatable bonds is 3. The molecule has 1 aliphatic rings.